The molecule has 196 valence electrons. The number of rotatable bonds is 4. The number of aromatic nitrogens is 2. The summed E-state index contributed by atoms with van der Waals surface area (Å²) in [6, 6.07) is 5.82. The molecular weight excluding hydrogens is 486 g/mol. The molecule has 4 heterocycles. The molecule has 1 atom stereocenters. The van der Waals surface area contributed by atoms with E-state index in [1.165, 1.54) is 16.9 Å². The van der Waals surface area contributed by atoms with Gasteiger partial charge >= 0.3 is 6.09 Å². The smallest absolute Gasteiger partial charge is 0.409 e. The van der Waals surface area contributed by atoms with Crippen LogP contribution in [0, 0.1) is 18.6 Å². The summed E-state index contributed by atoms with van der Waals surface area (Å²) in [4.78, 5) is 32.5. The predicted octanol–water partition coefficient (Wildman–Crippen LogP) is 3.07. The molecule has 0 radical (unpaired) electrons. The van der Waals surface area contributed by atoms with Crippen LogP contribution in [0.15, 0.2) is 30.5 Å². The molecule has 0 saturated carbocycles. The van der Waals surface area contributed by atoms with Crippen LogP contribution >= 0.6 is 0 Å². The number of fused-ring (bicyclic) bond motifs is 1. The number of carbonyl (C=O) groups excluding carboxylic acids is 2. The average Bonchev–Trinajstić information content (AvgIpc) is 3.24. The Balaban J connectivity index is 1.52. The minimum Gasteiger partial charge on any atom is -0.453 e. The van der Waals surface area contributed by atoms with Crippen LogP contribution in [0.1, 0.15) is 21.6 Å². The van der Waals surface area contributed by atoms with Gasteiger partial charge in [-0.2, -0.15) is 0 Å². The monoisotopic (exact) mass is 514 g/mol. The maximum absolute atomic E-state index is 15.5. The average molecular weight is 515 g/mol. The molecule has 2 aliphatic rings. The molecule has 2 aliphatic heterocycles. The third-order valence-corrected chi connectivity index (χ3v) is 6.70. The molecule has 0 bridgehead atoms. The number of ether oxygens (including phenoxy) is 3. The normalized spacial score (nSPS) is 18.3. The van der Waals surface area contributed by atoms with E-state index in [0.717, 1.165) is 17.7 Å². The standard InChI is InChI=1S/C26H28F2N4O5/c1-16-3-4-32-21(14-18-15-31(7-10-37-18)26(34)35-2)24(29-22(32)11-16)23-19(27)12-17(13-20(23)28)25(33)30-5-8-36-9-6-30/h3-4,11-13,18H,5-10,14-15H2,1-2H3/t18-/m0/s1. The van der Waals surface area contributed by atoms with Gasteiger partial charge in [-0.25, -0.2) is 18.6 Å². The molecule has 11 heteroatoms. The maximum Gasteiger partial charge on any atom is 0.409 e. The second-order valence-corrected chi connectivity index (χ2v) is 9.17. The van der Waals surface area contributed by atoms with Gasteiger partial charge in [0.05, 0.1) is 56.5 Å². The number of halogens is 2. The van der Waals surface area contributed by atoms with Crippen LogP contribution in [0.25, 0.3) is 16.9 Å². The van der Waals surface area contributed by atoms with E-state index < -0.39 is 29.7 Å². The second kappa shape index (κ2) is 10.4. The number of benzene rings is 1. The lowest BCUT2D eigenvalue weighted by molar-refractivity contribution is -0.0241. The lowest BCUT2D eigenvalue weighted by atomic mass is 10.0. The Kier molecular flexibility index (Phi) is 7.07. The van der Waals surface area contributed by atoms with E-state index in [4.69, 9.17) is 14.2 Å². The predicted molar refractivity (Wildman–Crippen MR) is 129 cm³/mol. The fourth-order valence-electron chi connectivity index (χ4n) is 4.82. The van der Waals surface area contributed by atoms with Crippen LogP contribution in [0.5, 0.6) is 0 Å². The molecule has 9 nitrogen and oxygen atoms in total. The number of hydrogen-bond acceptors (Lipinski definition) is 6. The van der Waals surface area contributed by atoms with Crippen molar-refractivity contribution in [3.63, 3.8) is 0 Å². The number of aryl methyl sites for hydroxylation is 1. The van der Waals surface area contributed by atoms with E-state index in [-0.39, 0.29) is 29.8 Å². The van der Waals surface area contributed by atoms with Crippen molar-refractivity contribution in [2.45, 2.75) is 19.4 Å². The largest absolute Gasteiger partial charge is 0.453 e. The highest BCUT2D eigenvalue weighted by molar-refractivity contribution is 5.95. The number of hydrogen-bond donors (Lipinski definition) is 0. The van der Waals surface area contributed by atoms with Crippen molar-refractivity contribution in [2.24, 2.45) is 0 Å². The molecule has 5 rings (SSSR count). The molecule has 2 amide bonds. The van der Waals surface area contributed by atoms with E-state index in [0.29, 0.717) is 50.8 Å². The zero-order valence-corrected chi connectivity index (χ0v) is 20.7. The van der Waals surface area contributed by atoms with Crippen LogP contribution in [-0.2, 0) is 20.6 Å². The molecule has 0 spiro atoms. The lowest BCUT2D eigenvalue weighted by Gasteiger charge is -2.32. The van der Waals surface area contributed by atoms with Crippen molar-refractivity contribution < 1.29 is 32.6 Å². The highest BCUT2D eigenvalue weighted by atomic mass is 19.1. The summed E-state index contributed by atoms with van der Waals surface area (Å²) in [5, 5.41) is 0. The Hall–Kier alpha value is -3.57. The molecule has 2 fully saturated rings. The van der Waals surface area contributed by atoms with Gasteiger partial charge in [0.25, 0.3) is 5.91 Å². The summed E-state index contributed by atoms with van der Waals surface area (Å²) in [5.74, 6) is -2.20. The third kappa shape index (κ3) is 5.01. The molecule has 0 unspecified atom stereocenters. The number of methoxy groups -OCH3 is 1. The van der Waals surface area contributed by atoms with Crippen LogP contribution in [-0.4, -0.2) is 90.4 Å². The molecular formula is C26H28F2N4O5. The fraction of sp³-hybridized carbons (Fsp3) is 0.423. The minimum atomic E-state index is -0.876. The van der Waals surface area contributed by atoms with Crippen molar-refractivity contribution in [3.05, 3.63) is 58.9 Å². The molecule has 0 aliphatic carbocycles. The van der Waals surface area contributed by atoms with Crippen LogP contribution in [0.4, 0.5) is 13.6 Å². The number of amides is 2. The van der Waals surface area contributed by atoms with Gasteiger partial charge in [0.2, 0.25) is 0 Å². The Morgan fingerprint density at radius 1 is 1.08 bits per heavy atom. The van der Waals surface area contributed by atoms with Gasteiger partial charge in [0, 0.05) is 37.8 Å². The zero-order chi connectivity index (χ0) is 26.1. The van der Waals surface area contributed by atoms with Gasteiger partial charge in [-0.3, -0.25) is 4.79 Å². The molecule has 2 aromatic heterocycles. The first-order valence-electron chi connectivity index (χ1n) is 12.1. The summed E-state index contributed by atoms with van der Waals surface area (Å²) in [6.45, 7) is 4.37. The van der Waals surface area contributed by atoms with Gasteiger partial charge < -0.3 is 28.4 Å². The first-order valence-corrected chi connectivity index (χ1v) is 12.1. The van der Waals surface area contributed by atoms with Crippen molar-refractivity contribution in [2.75, 3.05) is 53.1 Å². The SMILES string of the molecule is COC(=O)N1CCO[C@@H](Cc2c(-c3c(F)cc(C(=O)N4CCOCC4)cc3F)nc3cc(C)ccn23)C1. The minimum absolute atomic E-state index is 0.0638. The van der Waals surface area contributed by atoms with Crippen LogP contribution in [0.2, 0.25) is 0 Å². The third-order valence-electron chi connectivity index (χ3n) is 6.70. The topological polar surface area (TPSA) is 85.6 Å². The maximum atomic E-state index is 15.5. The van der Waals surface area contributed by atoms with Gasteiger partial charge in [-0.15, -0.1) is 0 Å². The van der Waals surface area contributed by atoms with Crippen molar-refractivity contribution in [3.8, 4) is 11.3 Å². The van der Waals surface area contributed by atoms with Crippen molar-refractivity contribution in [1.82, 2.24) is 19.2 Å². The fourth-order valence-corrected chi connectivity index (χ4v) is 4.82. The van der Waals surface area contributed by atoms with Gasteiger partial charge in [-0.05, 0) is 36.8 Å². The number of morpholine rings is 2. The molecule has 2 saturated heterocycles. The molecule has 37 heavy (non-hydrogen) atoms. The highest BCUT2D eigenvalue weighted by Gasteiger charge is 2.30. The lowest BCUT2D eigenvalue weighted by Crippen LogP contribution is -2.46. The number of nitrogens with zero attached hydrogens (tertiary/aromatic N) is 4. The van der Waals surface area contributed by atoms with Crippen molar-refractivity contribution >= 4 is 17.6 Å². The van der Waals surface area contributed by atoms with E-state index in [1.807, 2.05) is 19.1 Å². The van der Waals surface area contributed by atoms with Crippen LogP contribution in [0.3, 0.4) is 0 Å². The number of pyridine rings is 1. The Morgan fingerprint density at radius 2 is 1.78 bits per heavy atom. The molecule has 3 aromatic rings. The van der Waals surface area contributed by atoms with E-state index >= 15 is 8.78 Å². The zero-order valence-electron chi connectivity index (χ0n) is 20.7. The quantitative estimate of drug-likeness (QED) is 0.532. The van der Waals surface area contributed by atoms with Gasteiger partial charge in [-0.1, -0.05) is 0 Å². The van der Waals surface area contributed by atoms with Gasteiger partial charge in [0.15, 0.2) is 0 Å². The van der Waals surface area contributed by atoms with Crippen LogP contribution < -0.4 is 0 Å². The Labute approximate surface area is 212 Å². The van der Waals surface area contributed by atoms with E-state index in [1.54, 1.807) is 10.6 Å². The Morgan fingerprint density at radius 3 is 2.49 bits per heavy atom. The Bertz CT molecular complexity index is 1310. The summed E-state index contributed by atoms with van der Waals surface area (Å²) >= 11 is 0. The number of carbonyl (C=O) groups is 2. The second-order valence-electron chi connectivity index (χ2n) is 9.17. The van der Waals surface area contributed by atoms with E-state index in [9.17, 15) is 9.59 Å². The van der Waals surface area contributed by atoms with Gasteiger partial charge in [0.1, 0.15) is 17.3 Å². The summed E-state index contributed by atoms with van der Waals surface area (Å²) in [7, 11) is 1.32. The van der Waals surface area contributed by atoms with E-state index in [2.05, 4.69) is 4.98 Å². The summed E-state index contributed by atoms with van der Waals surface area (Å²) < 4.78 is 48.8. The summed E-state index contributed by atoms with van der Waals surface area (Å²) in [6.07, 6.45) is 1.16. The molecule has 0 N–H and O–H groups in total. The van der Waals surface area contributed by atoms with Crippen molar-refractivity contribution in [1.29, 1.82) is 0 Å². The first-order chi connectivity index (χ1) is 17.9. The highest BCUT2D eigenvalue weighted by Crippen LogP contribution is 2.32. The first kappa shape index (κ1) is 25.1. The number of imidazole rings is 1. The summed E-state index contributed by atoms with van der Waals surface area (Å²) in [5.41, 5.74) is 1.76. The molecule has 1 aromatic carbocycles.